The normalized spacial score (nSPS) is 17.1. The van der Waals surface area contributed by atoms with Gasteiger partial charge < -0.3 is 15.0 Å². The first-order valence-corrected chi connectivity index (χ1v) is 11.7. The van der Waals surface area contributed by atoms with Gasteiger partial charge in [0.25, 0.3) is 11.8 Å². The second-order valence-electron chi connectivity index (χ2n) is 9.15. The van der Waals surface area contributed by atoms with E-state index in [0.717, 1.165) is 16.9 Å². The highest BCUT2D eigenvalue weighted by atomic mass is 16.5. The van der Waals surface area contributed by atoms with Gasteiger partial charge in [-0.05, 0) is 41.8 Å². The van der Waals surface area contributed by atoms with Crippen LogP contribution in [0.25, 0.3) is 0 Å². The van der Waals surface area contributed by atoms with E-state index in [1.54, 1.807) is 36.3 Å². The lowest BCUT2D eigenvalue weighted by atomic mass is 9.96. The van der Waals surface area contributed by atoms with Gasteiger partial charge in [0.05, 0.1) is 24.4 Å². The molecule has 5 rings (SSSR count). The lowest BCUT2D eigenvalue weighted by Gasteiger charge is -2.40. The van der Waals surface area contributed by atoms with Gasteiger partial charge in [-0.3, -0.25) is 19.3 Å². The molecular weight excluding hydrogens is 442 g/mol. The number of carbonyl (C=O) groups excluding carboxylic acids is 3. The molecule has 0 saturated carbocycles. The molecule has 7 heteroatoms. The van der Waals surface area contributed by atoms with Crippen LogP contribution in [-0.4, -0.2) is 36.3 Å². The number of nitrogens with zero attached hydrogens (tertiary/aromatic N) is 2. The van der Waals surface area contributed by atoms with E-state index in [1.807, 2.05) is 62.4 Å². The fourth-order valence-corrected chi connectivity index (χ4v) is 4.95. The Bertz CT molecular complexity index is 1300. The Morgan fingerprint density at radius 3 is 2.26 bits per heavy atom. The summed E-state index contributed by atoms with van der Waals surface area (Å²) in [4.78, 5) is 43.3. The molecule has 3 aromatic rings. The first-order valence-electron chi connectivity index (χ1n) is 11.7. The van der Waals surface area contributed by atoms with Crippen LogP contribution in [0.1, 0.15) is 57.9 Å². The van der Waals surface area contributed by atoms with Crippen molar-refractivity contribution in [1.82, 2.24) is 10.2 Å². The smallest absolute Gasteiger partial charge is 0.260 e. The van der Waals surface area contributed by atoms with Crippen LogP contribution in [0.4, 0.5) is 5.69 Å². The minimum absolute atomic E-state index is 0.121. The molecule has 7 nitrogen and oxygen atoms in total. The second kappa shape index (κ2) is 8.91. The Balaban J connectivity index is 1.46. The Morgan fingerprint density at radius 1 is 0.914 bits per heavy atom. The zero-order chi connectivity index (χ0) is 24.7. The summed E-state index contributed by atoms with van der Waals surface area (Å²) in [6.45, 7) is 3.89. The number of hydrogen-bond donors (Lipinski definition) is 1. The van der Waals surface area contributed by atoms with Gasteiger partial charge in [0.15, 0.2) is 0 Å². The Morgan fingerprint density at radius 2 is 1.57 bits per heavy atom. The van der Waals surface area contributed by atoms with Crippen LogP contribution < -0.4 is 15.0 Å². The molecule has 1 N–H and O–H groups in total. The fourth-order valence-electron chi connectivity index (χ4n) is 4.95. The molecule has 0 aliphatic carbocycles. The number of fused-ring (bicyclic) bond motifs is 5. The predicted molar refractivity (Wildman–Crippen MR) is 132 cm³/mol. The van der Waals surface area contributed by atoms with Gasteiger partial charge in [0.2, 0.25) is 5.91 Å². The van der Waals surface area contributed by atoms with E-state index in [-0.39, 0.29) is 36.2 Å². The van der Waals surface area contributed by atoms with Crippen LogP contribution in [0, 0.1) is 5.92 Å². The Labute approximate surface area is 204 Å². The first-order chi connectivity index (χ1) is 16.9. The number of para-hydroxylation sites is 1. The van der Waals surface area contributed by atoms with Gasteiger partial charge in [0.1, 0.15) is 18.5 Å². The van der Waals surface area contributed by atoms with Gasteiger partial charge in [-0.1, -0.05) is 56.3 Å². The fraction of sp³-hybridized carbons (Fsp3) is 0.250. The zero-order valence-electron chi connectivity index (χ0n) is 19.9. The van der Waals surface area contributed by atoms with E-state index >= 15 is 0 Å². The maximum Gasteiger partial charge on any atom is 0.260 e. The summed E-state index contributed by atoms with van der Waals surface area (Å²) in [6, 6.07) is 21.7. The van der Waals surface area contributed by atoms with Crippen LogP contribution in [0.3, 0.4) is 0 Å². The number of hydrogen-bond acceptors (Lipinski definition) is 4. The lowest BCUT2D eigenvalue weighted by Crippen LogP contribution is -2.51. The van der Waals surface area contributed by atoms with Crippen molar-refractivity contribution in [2.75, 3.05) is 18.6 Å². The molecular formula is C28H27N3O4. The number of ether oxygens (including phenoxy) is 1. The van der Waals surface area contributed by atoms with Crippen molar-refractivity contribution in [2.45, 2.75) is 26.1 Å². The molecule has 3 amide bonds. The molecule has 3 aromatic carbocycles. The Kier molecular flexibility index (Phi) is 5.76. The maximum atomic E-state index is 13.6. The summed E-state index contributed by atoms with van der Waals surface area (Å²) in [6.07, 6.45) is -0.662. The van der Waals surface area contributed by atoms with Gasteiger partial charge in [-0.25, -0.2) is 0 Å². The maximum absolute atomic E-state index is 13.6. The number of anilines is 1. The van der Waals surface area contributed by atoms with Crippen LogP contribution in [0.5, 0.6) is 5.75 Å². The highest BCUT2D eigenvalue weighted by Crippen LogP contribution is 2.45. The molecule has 2 atom stereocenters. The van der Waals surface area contributed by atoms with Gasteiger partial charge in [0, 0.05) is 11.1 Å². The summed E-state index contributed by atoms with van der Waals surface area (Å²) in [5.41, 5.74) is 3.20. The summed E-state index contributed by atoms with van der Waals surface area (Å²) >= 11 is 0. The minimum Gasteiger partial charge on any atom is -0.497 e. The number of methoxy groups -OCH3 is 1. The third-order valence-corrected chi connectivity index (χ3v) is 6.65. The van der Waals surface area contributed by atoms with Crippen molar-refractivity contribution < 1.29 is 19.1 Å². The molecule has 2 heterocycles. The van der Waals surface area contributed by atoms with E-state index in [1.165, 1.54) is 4.90 Å². The highest BCUT2D eigenvalue weighted by Gasteiger charge is 2.48. The second-order valence-corrected chi connectivity index (χ2v) is 9.15. The third kappa shape index (κ3) is 3.83. The van der Waals surface area contributed by atoms with Crippen molar-refractivity contribution in [2.24, 2.45) is 5.92 Å². The first kappa shape index (κ1) is 22.7. The standard InChI is InChI=1S/C28H27N3O4/c1-17(2)25(18-12-14-19(35-3)15-13-18)29-24(32)16-30-26-20-8-4-5-9-21(20)28(34)31(26)23-11-7-6-10-22(23)27(30)33/h4-15,17,25-26H,16H2,1-3H3,(H,29,32)/t25-,26+/m1/s1. The van der Waals surface area contributed by atoms with E-state index < -0.39 is 6.17 Å². The van der Waals surface area contributed by atoms with Crippen molar-refractivity contribution in [1.29, 1.82) is 0 Å². The summed E-state index contributed by atoms with van der Waals surface area (Å²) < 4.78 is 5.25. The van der Waals surface area contributed by atoms with Crippen molar-refractivity contribution in [3.63, 3.8) is 0 Å². The number of amides is 3. The molecule has 0 radical (unpaired) electrons. The van der Waals surface area contributed by atoms with Crippen LogP contribution >= 0.6 is 0 Å². The van der Waals surface area contributed by atoms with Crippen molar-refractivity contribution >= 4 is 23.4 Å². The Hall–Kier alpha value is -4.13. The van der Waals surface area contributed by atoms with Crippen molar-refractivity contribution in [3.05, 3.63) is 95.1 Å². The predicted octanol–water partition coefficient (Wildman–Crippen LogP) is 4.32. The molecule has 2 aliphatic heterocycles. The molecule has 0 aromatic heterocycles. The topological polar surface area (TPSA) is 79.0 Å². The average Bonchev–Trinajstić information content (AvgIpc) is 3.17. The highest BCUT2D eigenvalue weighted by molar-refractivity contribution is 6.17. The largest absolute Gasteiger partial charge is 0.497 e. The third-order valence-electron chi connectivity index (χ3n) is 6.65. The van der Waals surface area contributed by atoms with Gasteiger partial charge >= 0.3 is 0 Å². The molecule has 178 valence electrons. The number of benzene rings is 3. The van der Waals surface area contributed by atoms with E-state index in [2.05, 4.69) is 5.32 Å². The number of carbonyl (C=O) groups is 3. The molecule has 0 unspecified atom stereocenters. The molecule has 0 saturated heterocycles. The molecule has 2 aliphatic rings. The number of nitrogens with one attached hydrogen (secondary N) is 1. The SMILES string of the molecule is COc1ccc([C@H](NC(=O)CN2C(=O)c3ccccc3N3C(=O)c4ccccc4[C@@H]23)C(C)C)cc1. The quantitative estimate of drug-likeness (QED) is 0.583. The molecule has 0 fully saturated rings. The monoisotopic (exact) mass is 469 g/mol. The van der Waals surface area contributed by atoms with Gasteiger partial charge in [-0.2, -0.15) is 0 Å². The van der Waals surface area contributed by atoms with Gasteiger partial charge in [-0.15, -0.1) is 0 Å². The molecule has 35 heavy (non-hydrogen) atoms. The van der Waals surface area contributed by atoms with Crippen LogP contribution in [0.2, 0.25) is 0 Å². The lowest BCUT2D eigenvalue weighted by molar-refractivity contribution is -0.123. The van der Waals surface area contributed by atoms with Crippen LogP contribution in [0.15, 0.2) is 72.8 Å². The summed E-state index contributed by atoms with van der Waals surface area (Å²) in [5, 5.41) is 3.10. The molecule has 0 bridgehead atoms. The molecule has 0 spiro atoms. The summed E-state index contributed by atoms with van der Waals surface area (Å²) in [5.74, 6) is 0.130. The number of rotatable bonds is 6. The van der Waals surface area contributed by atoms with E-state index in [9.17, 15) is 14.4 Å². The van der Waals surface area contributed by atoms with Crippen LogP contribution in [-0.2, 0) is 4.79 Å². The zero-order valence-corrected chi connectivity index (χ0v) is 19.9. The average molecular weight is 470 g/mol. The van der Waals surface area contributed by atoms with E-state index in [0.29, 0.717) is 16.8 Å². The van der Waals surface area contributed by atoms with E-state index in [4.69, 9.17) is 4.74 Å². The summed E-state index contributed by atoms with van der Waals surface area (Å²) in [7, 11) is 1.61. The minimum atomic E-state index is -0.662. The van der Waals surface area contributed by atoms with Crippen molar-refractivity contribution in [3.8, 4) is 5.75 Å².